The van der Waals surface area contributed by atoms with Gasteiger partial charge >= 0.3 is 0 Å². The molecule has 0 heterocycles. The van der Waals surface area contributed by atoms with Crippen molar-refractivity contribution in [2.75, 3.05) is 0 Å². The van der Waals surface area contributed by atoms with Crippen molar-refractivity contribution in [3.63, 3.8) is 0 Å². The molecule has 0 aliphatic carbocycles. The number of carboxylic acids is 1. The summed E-state index contributed by atoms with van der Waals surface area (Å²) in [6.07, 6.45) is 1.31. The molecule has 5 heteroatoms. The van der Waals surface area contributed by atoms with Gasteiger partial charge in [0.15, 0.2) is 17.5 Å². The fourth-order valence-electron chi connectivity index (χ4n) is 0.827. The molecule has 0 spiro atoms. The second-order valence-corrected chi connectivity index (χ2v) is 2.42. The predicted octanol–water partition coefficient (Wildman–Crippen LogP) is 0.867. The zero-order chi connectivity index (χ0) is 10.7. The molecule has 0 unspecified atom stereocenters. The lowest BCUT2D eigenvalue weighted by molar-refractivity contribution is -0.297. The zero-order valence-electron chi connectivity index (χ0n) is 6.76. The van der Waals surface area contributed by atoms with Crippen LogP contribution in [0.4, 0.5) is 13.2 Å². The Morgan fingerprint density at radius 3 is 2.43 bits per heavy atom. The van der Waals surface area contributed by atoms with Crippen LogP contribution in [0, 0.1) is 17.5 Å². The summed E-state index contributed by atoms with van der Waals surface area (Å²) in [7, 11) is 0. The molecule has 1 rings (SSSR count). The molecule has 0 atom stereocenters. The maximum Gasteiger partial charge on any atom is 0.195 e. The normalized spacial score (nSPS) is 10.8. The molecule has 0 aliphatic rings. The second-order valence-electron chi connectivity index (χ2n) is 2.42. The molecule has 0 saturated heterocycles. The SMILES string of the molecule is O=C([O-])/C=C/c1ccc(F)c(F)c1F. The molecule has 74 valence electrons. The Bertz CT molecular complexity index is 399. The van der Waals surface area contributed by atoms with Gasteiger partial charge < -0.3 is 9.90 Å². The van der Waals surface area contributed by atoms with Gasteiger partial charge in [0.05, 0.1) is 5.97 Å². The first-order valence-electron chi connectivity index (χ1n) is 3.55. The van der Waals surface area contributed by atoms with Crippen LogP contribution in [0.1, 0.15) is 5.56 Å². The predicted molar refractivity (Wildman–Crippen MR) is 40.4 cm³/mol. The third-order valence-electron chi connectivity index (χ3n) is 1.46. The summed E-state index contributed by atoms with van der Waals surface area (Å²) in [5.41, 5.74) is -0.354. The van der Waals surface area contributed by atoms with E-state index in [0.717, 1.165) is 12.1 Å². The van der Waals surface area contributed by atoms with Crippen molar-refractivity contribution in [3.8, 4) is 0 Å². The fraction of sp³-hybridized carbons (Fsp3) is 0. The molecule has 0 aliphatic heterocycles. The van der Waals surface area contributed by atoms with Crippen LogP contribution in [0.2, 0.25) is 0 Å². The summed E-state index contributed by atoms with van der Waals surface area (Å²) in [6, 6.07) is 1.63. The Hall–Kier alpha value is -1.78. The van der Waals surface area contributed by atoms with Crippen LogP contribution in [0.5, 0.6) is 0 Å². The number of rotatable bonds is 2. The maximum absolute atomic E-state index is 12.8. The molecule has 0 fully saturated rings. The number of carbonyl (C=O) groups is 1. The van der Waals surface area contributed by atoms with Crippen LogP contribution in [-0.2, 0) is 4.79 Å². The van der Waals surface area contributed by atoms with Crippen LogP contribution >= 0.6 is 0 Å². The van der Waals surface area contributed by atoms with Crippen LogP contribution in [0.25, 0.3) is 6.08 Å². The highest BCUT2D eigenvalue weighted by Crippen LogP contribution is 2.15. The van der Waals surface area contributed by atoms with Crippen molar-refractivity contribution >= 4 is 12.0 Å². The van der Waals surface area contributed by atoms with E-state index in [9.17, 15) is 23.1 Å². The van der Waals surface area contributed by atoms with Gasteiger partial charge in [-0.15, -0.1) is 0 Å². The largest absolute Gasteiger partial charge is 0.545 e. The lowest BCUT2D eigenvalue weighted by atomic mass is 10.2. The van der Waals surface area contributed by atoms with Crippen molar-refractivity contribution in [3.05, 3.63) is 41.2 Å². The van der Waals surface area contributed by atoms with Crippen molar-refractivity contribution in [2.45, 2.75) is 0 Å². The number of aliphatic carboxylic acids is 1. The van der Waals surface area contributed by atoms with E-state index in [-0.39, 0.29) is 5.56 Å². The van der Waals surface area contributed by atoms with E-state index in [1.165, 1.54) is 0 Å². The van der Waals surface area contributed by atoms with E-state index < -0.39 is 23.4 Å². The quantitative estimate of drug-likeness (QED) is 0.526. The van der Waals surface area contributed by atoms with Gasteiger partial charge in [-0.25, -0.2) is 13.2 Å². The van der Waals surface area contributed by atoms with Gasteiger partial charge in [-0.3, -0.25) is 0 Å². The van der Waals surface area contributed by atoms with E-state index in [2.05, 4.69) is 0 Å². The van der Waals surface area contributed by atoms with Gasteiger partial charge in [0.2, 0.25) is 0 Å². The highest BCUT2D eigenvalue weighted by molar-refractivity contribution is 5.83. The fourth-order valence-corrected chi connectivity index (χ4v) is 0.827. The van der Waals surface area contributed by atoms with E-state index in [4.69, 9.17) is 0 Å². The molecule has 0 radical (unpaired) electrons. The van der Waals surface area contributed by atoms with Crippen LogP contribution in [0.3, 0.4) is 0 Å². The summed E-state index contributed by atoms with van der Waals surface area (Å²) in [6.45, 7) is 0. The van der Waals surface area contributed by atoms with Gasteiger partial charge in [0.1, 0.15) is 0 Å². The van der Waals surface area contributed by atoms with Crippen molar-refractivity contribution in [1.29, 1.82) is 0 Å². The Balaban J connectivity index is 3.12. The summed E-state index contributed by atoms with van der Waals surface area (Å²) in [4.78, 5) is 9.95. The van der Waals surface area contributed by atoms with Crippen molar-refractivity contribution < 1.29 is 23.1 Å². The van der Waals surface area contributed by atoms with Gasteiger partial charge in [0, 0.05) is 5.56 Å². The highest BCUT2D eigenvalue weighted by Gasteiger charge is 2.10. The first kappa shape index (κ1) is 10.3. The molecule has 0 aromatic heterocycles. The number of carbonyl (C=O) groups excluding carboxylic acids is 1. The minimum absolute atomic E-state index is 0.354. The van der Waals surface area contributed by atoms with Gasteiger partial charge in [-0.1, -0.05) is 6.08 Å². The van der Waals surface area contributed by atoms with Crippen LogP contribution < -0.4 is 5.11 Å². The maximum atomic E-state index is 12.8. The molecular weight excluding hydrogens is 197 g/mol. The Labute approximate surface area is 77.3 Å². The molecule has 14 heavy (non-hydrogen) atoms. The number of halogens is 3. The summed E-state index contributed by atoms with van der Waals surface area (Å²) in [5, 5.41) is 9.95. The lowest BCUT2D eigenvalue weighted by Gasteiger charge is -1.99. The molecule has 2 nitrogen and oxygen atoms in total. The third-order valence-corrected chi connectivity index (χ3v) is 1.46. The minimum atomic E-state index is -1.63. The first-order chi connectivity index (χ1) is 6.52. The Morgan fingerprint density at radius 1 is 1.21 bits per heavy atom. The van der Waals surface area contributed by atoms with Crippen molar-refractivity contribution in [2.24, 2.45) is 0 Å². The molecule has 1 aromatic carbocycles. The van der Waals surface area contributed by atoms with Gasteiger partial charge in [-0.2, -0.15) is 0 Å². The molecule has 0 bridgehead atoms. The average Bonchev–Trinajstić information content (AvgIpc) is 2.13. The van der Waals surface area contributed by atoms with Gasteiger partial charge in [0.25, 0.3) is 0 Å². The van der Waals surface area contributed by atoms with E-state index in [1.54, 1.807) is 0 Å². The molecule has 0 N–H and O–H groups in total. The molecule has 0 saturated carbocycles. The number of hydrogen-bond acceptors (Lipinski definition) is 2. The summed E-state index contributed by atoms with van der Waals surface area (Å²) in [5.74, 6) is -5.93. The van der Waals surface area contributed by atoms with E-state index in [0.29, 0.717) is 12.1 Å². The van der Waals surface area contributed by atoms with E-state index >= 15 is 0 Å². The Kier molecular flexibility index (Phi) is 2.91. The monoisotopic (exact) mass is 201 g/mol. The average molecular weight is 201 g/mol. The van der Waals surface area contributed by atoms with Gasteiger partial charge in [-0.05, 0) is 18.2 Å². The standard InChI is InChI=1S/C9H5F3O2/c10-6-3-1-5(2-4-7(13)14)8(11)9(6)12/h1-4H,(H,13,14)/p-1/b4-2+. The van der Waals surface area contributed by atoms with Crippen molar-refractivity contribution in [1.82, 2.24) is 0 Å². The topological polar surface area (TPSA) is 40.1 Å². The third kappa shape index (κ3) is 2.12. The molecule has 1 aromatic rings. The smallest absolute Gasteiger partial charge is 0.195 e. The lowest BCUT2D eigenvalue weighted by Crippen LogP contribution is -2.18. The number of carboxylic acid groups (broad SMARTS) is 1. The first-order valence-corrected chi connectivity index (χ1v) is 3.55. The molecular formula is C9H4F3O2-. The number of hydrogen-bond donors (Lipinski definition) is 0. The minimum Gasteiger partial charge on any atom is -0.545 e. The molecule has 0 amide bonds. The highest BCUT2D eigenvalue weighted by atomic mass is 19.2. The second kappa shape index (κ2) is 3.95. The summed E-state index contributed by atoms with van der Waals surface area (Å²) >= 11 is 0. The summed E-state index contributed by atoms with van der Waals surface area (Å²) < 4.78 is 37.8. The Morgan fingerprint density at radius 2 is 1.86 bits per heavy atom. The zero-order valence-corrected chi connectivity index (χ0v) is 6.76. The van der Waals surface area contributed by atoms with E-state index in [1.807, 2.05) is 0 Å². The number of benzene rings is 1. The van der Waals surface area contributed by atoms with Crippen LogP contribution in [0.15, 0.2) is 18.2 Å². The van der Waals surface area contributed by atoms with Crippen LogP contribution in [-0.4, -0.2) is 5.97 Å².